The van der Waals surface area contributed by atoms with Crippen LogP contribution in [-0.2, 0) is 22.6 Å². The van der Waals surface area contributed by atoms with Crippen molar-refractivity contribution in [3.05, 3.63) is 58.1 Å². The zero-order chi connectivity index (χ0) is 16.1. The number of benzene rings is 2. The van der Waals surface area contributed by atoms with Gasteiger partial charge in [0, 0.05) is 16.5 Å². The summed E-state index contributed by atoms with van der Waals surface area (Å²) in [6.45, 7) is 1.29. The fraction of sp³-hybridized carbons (Fsp3) is 0.278. The van der Waals surface area contributed by atoms with Gasteiger partial charge >= 0.3 is 5.97 Å². The van der Waals surface area contributed by atoms with Crippen molar-refractivity contribution in [1.29, 1.82) is 0 Å². The second kappa shape index (κ2) is 7.51. The van der Waals surface area contributed by atoms with Crippen LogP contribution >= 0.6 is 15.9 Å². The zero-order valence-electron chi connectivity index (χ0n) is 12.6. The Morgan fingerprint density at radius 2 is 1.78 bits per heavy atom. The molecule has 0 unspecified atom stereocenters. The van der Waals surface area contributed by atoms with E-state index in [1.165, 1.54) is 0 Å². The van der Waals surface area contributed by atoms with Gasteiger partial charge in [-0.25, -0.2) is 0 Å². The van der Waals surface area contributed by atoms with Gasteiger partial charge < -0.3 is 14.2 Å². The van der Waals surface area contributed by atoms with Crippen LogP contribution in [0.4, 0.5) is 0 Å². The number of esters is 1. The molecule has 2 aromatic rings. The Labute approximate surface area is 143 Å². The molecule has 0 amide bonds. The predicted molar refractivity (Wildman–Crippen MR) is 89.7 cm³/mol. The van der Waals surface area contributed by atoms with Crippen molar-refractivity contribution < 1.29 is 19.0 Å². The van der Waals surface area contributed by atoms with Crippen molar-refractivity contribution >= 4 is 21.9 Å². The van der Waals surface area contributed by atoms with Gasteiger partial charge in [-0.15, -0.1) is 0 Å². The van der Waals surface area contributed by atoms with E-state index in [9.17, 15) is 4.79 Å². The van der Waals surface area contributed by atoms with Crippen LogP contribution in [0.25, 0.3) is 0 Å². The Hall–Kier alpha value is -2.01. The minimum absolute atomic E-state index is 0.212. The molecule has 120 valence electrons. The summed E-state index contributed by atoms with van der Waals surface area (Å²) in [7, 11) is 0. The van der Waals surface area contributed by atoms with Crippen LogP contribution in [0.1, 0.15) is 17.5 Å². The van der Waals surface area contributed by atoms with Gasteiger partial charge in [0.1, 0.15) is 19.8 Å². The van der Waals surface area contributed by atoms with E-state index in [1.807, 2.05) is 42.5 Å². The van der Waals surface area contributed by atoms with Crippen molar-refractivity contribution in [2.24, 2.45) is 0 Å². The molecular weight excluding hydrogens is 360 g/mol. The number of halogens is 1. The van der Waals surface area contributed by atoms with Crippen LogP contribution in [0, 0.1) is 0 Å². The fourth-order valence-corrected chi connectivity index (χ4v) is 2.78. The van der Waals surface area contributed by atoms with Crippen LogP contribution in [0.5, 0.6) is 11.5 Å². The van der Waals surface area contributed by atoms with Gasteiger partial charge in [-0.05, 0) is 24.1 Å². The molecule has 0 bridgehead atoms. The first-order valence-electron chi connectivity index (χ1n) is 7.50. The van der Waals surface area contributed by atoms with Crippen LogP contribution in [-0.4, -0.2) is 19.2 Å². The maximum Gasteiger partial charge on any atom is 0.306 e. The van der Waals surface area contributed by atoms with E-state index >= 15 is 0 Å². The molecule has 4 nitrogen and oxygen atoms in total. The van der Waals surface area contributed by atoms with Crippen LogP contribution in [0.3, 0.4) is 0 Å². The standard InChI is InChI=1S/C18H17BrO4/c19-15-11-17-16(21-8-9-22-17)10-14(15)12-23-18(20)7-6-13-4-2-1-3-5-13/h1-5,10-11H,6-9,12H2. The van der Waals surface area contributed by atoms with Gasteiger partial charge in [-0.3, -0.25) is 4.79 Å². The molecule has 0 fully saturated rings. The van der Waals surface area contributed by atoms with E-state index in [0.29, 0.717) is 37.6 Å². The van der Waals surface area contributed by atoms with E-state index in [0.717, 1.165) is 15.6 Å². The SMILES string of the molecule is O=C(CCc1ccccc1)OCc1cc2c(cc1Br)OCCO2. The van der Waals surface area contributed by atoms with Gasteiger partial charge in [0.15, 0.2) is 11.5 Å². The van der Waals surface area contributed by atoms with E-state index in [1.54, 1.807) is 0 Å². The summed E-state index contributed by atoms with van der Waals surface area (Å²) in [4.78, 5) is 11.9. The van der Waals surface area contributed by atoms with Gasteiger partial charge in [-0.1, -0.05) is 46.3 Å². The predicted octanol–water partition coefficient (Wildman–Crippen LogP) is 3.90. The van der Waals surface area contributed by atoms with Crippen molar-refractivity contribution in [3.8, 4) is 11.5 Å². The first-order chi connectivity index (χ1) is 11.2. The zero-order valence-corrected chi connectivity index (χ0v) is 14.2. The van der Waals surface area contributed by atoms with Crippen LogP contribution in [0.15, 0.2) is 46.9 Å². The lowest BCUT2D eigenvalue weighted by atomic mass is 10.1. The monoisotopic (exact) mass is 376 g/mol. The van der Waals surface area contributed by atoms with Crippen LogP contribution in [0.2, 0.25) is 0 Å². The highest BCUT2D eigenvalue weighted by atomic mass is 79.9. The maximum atomic E-state index is 11.9. The molecule has 23 heavy (non-hydrogen) atoms. The van der Waals surface area contributed by atoms with Crippen molar-refractivity contribution in [3.63, 3.8) is 0 Å². The number of carbonyl (C=O) groups excluding carboxylic acids is 1. The Kier molecular flexibility index (Phi) is 5.18. The molecule has 0 radical (unpaired) electrons. The summed E-state index contributed by atoms with van der Waals surface area (Å²) in [6, 6.07) is 13.6. The number of ether oxygens (including phenoxy) is 3. The molecule has 0 spiro atoms. The van der Waals surface area contributed by atoms with E-state index < -0.39 is 0 Å². The average Bonchev–Trinajstić information content (AvgIpc) is 2.59. The summed E-state index contributed by atoms with van der Waals surface area (Å²) >= 11 is 3.47. The Morgan fingerprint density at radius 3 is 2.52 bits per heavy atom. The Bertz CT molecular complexity index is 685. The topological polar surface area (TPSA) is 44.8 Å². The molecular formula is C18H17BrO4. The van der Waals surface area contributed by atoms with Gasteiger partial charge in [0.25, 0.3) is 0 Å². The molecule has 3 rings (SSSR count). The summed E-state index contributed by atoms with van der Waals surface area (Å²) in [6.07, 6.45) is 1.05. The normalized spacial score (nSPS) is 12.7. The number of aryl methyl sites for hydroxylation is 1. The lowest BCUT2D eigenvalue weighted by Crippen LogP contribution is -2.15. The molecule has 0 N–H and O–H groups in total. The number of hydrogen-bond donors (Lipinski definition) is 0. The number of fused-ring (bicyclic) bond motifs is 1. The molecule has 1 heterocycles. The molecule has 1 aliphatic heterocycles. The largest absolute Gasteiger partial charge is 0.486 e. The van der Waals surface area contributed by atoms with E-state index in [2.05, 4.69) is 15.9 Å². The molecule has 0 saturated heterocycles. The van der Waals surface area contributed by atoms with Gasteiger partial charge in [-0.2, -0.15) is 0 Å². The highest BCUT2D eigenvalue weighted by Gasteiger charge is 2.15. The molecule has 0 saturated carbocycles. The molecule has 0 aliphatic carbocycles. The highest BCUT2D eigenvalue weighted by Crippen LogP contribution is 2.35. The first kappa shape index (κ1) is 15.9. The summed E-state index contributed by atoms with van der Waals surface area (Å²) < 4.78 is 17.3. The fourth-order valence-electron chi connectivity index (χ4n) is 2.34. The second-order valence-electron chi connectivity index (χ2n) is 5.23. The number of carbonyl (C=O) groups is 1. The highest BCUT2D eigenvalue weighted by molar-refractivity contribution is 9.10. The summed E-state index contributed by atoms with van der Waals surface area (Å²) in [5, 5.41) is 0. The summed E-state index contributed by atoms with van der Waals surface area (Å²) in [5.74, 6) is 1.19. The average molecular weight is 377 g/mol. The molecule has 1 aliphatic rings. The number of rotatable bonds is 5. The van der Waals surface area contributed by atoms with E-state index in [-0.39, 0.29) is 12.6 Å². The Morgan fingerprint density at radius 1 is 1.09 bits per heavy atom. The molecule has 0 aromatic heterocycles. The van der Waals surface area contributed by atoms with Crippen molar-refractivity contribution in [1.82, 2.24) is 0 Å². The van der Waals surface area contributed by atoms with E-state index in [4.69, 9.17) is 14.2 Å². The lowest BCUT2D eigenvalue weighted by Gasteiger charge is -2.19. The third-order valence-corrected chi connectivity index (χ3v) is 4.30. The van der Waals surface area contributed by atoms with Gasteiger partial charge in [0.2, 0.25) is 0 Å². The van der Waals surface area contributed by atoms with Gasteiger partial charge in [0.05, 0.1) is 0 Å². The smallest absolute Gasteiger partial charge is 0.306 e. The number of hydrogen-bond acceptors (Lipinski definition) is 4. The molecule has 2 aromatic carbocycles. The van der Waals surface area contributed by atoms with Crippen LogP contribution < -0.4 is 9.47 Å². The quantitative estimate of drug-likeness (QED) is 0.742. The van der Waals surface area contributed by atoms with Crippen molar-refractivity contribution in [2.75, 3.05) is 13.2 Å². The minimum Gasteiger partial charge on any atom is -0.486 e. The minimum atomic E-state index is -0.212. The molecule has 0 atom stereocenters. The second-order valence-corrected chi connectivity index (χ2v) is 6.09. The summed E-state index contributed by atoms with van der Waals surface area (Å²) in [5.41, 5.74) is 1.99. The van der Waals surface area contributed by atoms with Crippen molar-refractivity contribution in [2.45, 2.75) is 19.4 Å². The third kappa shape index (κ3) is 4.26. The maximum absolute atomic E-state index is 11.9. The first-order valence-corrected chi connectivity index (χ1v) is 8.29. The third-order valence-electron chi connectivity index (χ3n) is 3.56. The molecule has 5 heteroatoms. The lowest BCUT2D eigenvalue weighted by molar-refractivity contribution is -0.144. The Balaban J connectivity index is 1.54.